The number of pyridine rings is 1. The average Bonchev–Trinajstić information content (AvgIpc) is 2.93. The molecular formula is C13H16BrN5OS. The summed E-state index contributed by atoms with van der Waals surface area (Å²) in [5.41, 5.74) is 0.478. The van der Waals surface area contributed by atoms with Gasteiger partial charge in [0.25, 0.3) is 5.91 Å². The van der Waals surface area contributed by atoms with E-state index in [9.17, 15) is 4.79 Å². The van der Waals surface area contributed by atoms with Crippen molar-refractivity contribution >= 4 is 44.1 Å². The summed E-state index contributed by atoms with van der Waals surface area (Å²) in [6.45, 7) is 4.81. The van der Waals surface area contributed by atoms with E-state index in [4.69, 9.17) is 0 Å². The molecule has 0 aliphatic heterocycles. The summed E-state index contributed by atoms with van der Waals surface area (Å²) in [5, 5.41) is 15.2. The van der Waals surface area contributed by atoms with Crippen LogP contribution in [0.4, 0.5) is 10.9 Å². The summed E-state index contributed by atoms with van der Waals surface area (Å²) in [4.78, 5) is 16.6. The molecule has 2 rings (SSSR count). The quantitative estimate of drug-likeness (QED) is 0.815. The van der Waals surface area contributed by atoms with Crippen LogP contribution in [0.15, 0.2) is 16.7 Å². The van der Waals surface area contributed by atoms with Crippen LogP contribution in [0.25, 0.3) is 0 Å². The first-order valence-electron chi connectivity index (χ1n) is 6.67. The number of amides is 1. The standard InChI is InChI=1S/C13H16BrN5OS/c1-3-5-15-11-9(6-8(14)7-16-11)12(20)17-13-19-18-10(4-2)21-13/h6-7H,3-5H2,1-2H3,(H,15,16)(H,17,19,20). The first-order chi connectivity index (χ1) is 10.1. The molecule has 2 N–H and O–H groups in total. The number of nitrogens with one attached hydrogen (secondary N) is 2. The number of nitrogens with zero attached hydrogens (tertiary/aromatic N) is 3. The molecule has 21 heavy (non-hydrogen) atoms. The molecule has 1 amide bonds. The van der Waals surface area contributed by atoms with Crippen LogP contribution in [0.2, 0.25) is 0 Å². The molecule has 0 atom stereocenters. The van der Waals surface area contributed by atoms with Gasteiger partial charge in [-0.1, -0.05) is 25.2 Å². The second-order valence-corrected chi connectivity index (χ2v) is 6.26. The van der Waals surface area contributed by atoms with Gasteiger partial charge < -0.3 is 5.32 Å². The van der Waals surface area contributed by atoms with Crippen LogP contribution in [-0.2, 0) is 6.42 Å². The molecule has 2 aromatic heterocycles. The van der Waals surface area contributed by atoms with E-state index in [0.717, 1.165) is 28.9 Å². The molecule has 0 saturated heterocycles. The van der Waals surface area contributed by atoms with E-state index >= 15 is 0 Å². The van der Waals surface area contributed by atoms with Gasteiger partial charge in [-0.3, -0.25) is 10.1 Å². The molecule has 8 heteroatoms. The molecule has 0 saturated carbocycles. The summed E-state index contributed by atoms with van der Waals surface area (Å²) in [6, 6.07) is 1.74. The normalized spacial score (nSPS) is 10.4. The molecule has 0 fully saturated rings. The Bertz CT molecular complexity index is 631. The molecule has 6 nitrogen and oxygen atoms in total. The van der Waals surface area contributed by atoms with Gasteiger partial charge in [0.05, 0.1) is 5.56 Å². The van der Waals surface area contributed by atoms with Crippen LogP contribution in [0.3, 0.4) is 0 Å². The molecule has 0 unspecified atom stereocenters. The van der Waals surface area contributed by atoms with E-state index in [0.29, 0.717) is 16.5 Å². The summed E-state index contributed by atoms with van der Waals surface area (Å²) >= 11 is 4.71. The van der Waals surface area contributed by atoms with Gasteiger partial charge in [0.1, 0.15) is 10.8 Å². The third-order valence-corrected chi connectivity index (χ3v) is 4.05. The van der Waals surface area contributed by atoms with Crippen molar-refractivity contribution in [3.63, 3.8) is 0 Å². The molecule has 0 aliphatic rings. The Kier molecular flexibility index (Phi) is 5.63. The number of rotatable bonds is 6. The molecule has 112 valence electrons. The van der Waals surface area contributed by atoms with Crippen LogP contribution in [-0.4, -0.2) is 27.6 Å². The molecule has 0 aromatic carbocycles. The van der Waals surface area contributed by atoms with Gasteiger partial charge in [-0.15, -0.1) is 10.2 Å². The van der Waals surface area contributed by atoms with Crippen molar-refractivity contribution < 1.29 is 4.79 Å². The smallest absolute Gasteiger partial charge is 0.261 e. The number of anilines is 2. The highest BCUT2D eigenvalue weighted by atomic mass is 79.9. The van der Waals surface area contributed by atoms with E-state index < -0.39 is 0 Å². The fourth-order valence-electron chi connectivity index (χ4n) is 1.61. The number of aryl methyl sites for hydroxylation is 1. The molecule has 2 heterocycles. The van der Waals surface area contributed by atoms with Gasteiger partial charge in [-0.05, 0) is 34.8 Å². The van der Waals surface area contributed by atoms with E-state index in [1.54, 1.807) is 12.3 Å². The van der Waals surface area contributed by atoms with E-state index in [1.165, 1.54) is 11.3 Å². The maximum absolute atomic E-state index is 12.4. The van der Waals surface area contributed by atoms with Crippen LogP contribution >= 0.6 is 27.3 Å². The molecule has 2 aromatic rings. The third kappa shape index (κ3) is 4.21. The molecule has 0 aliphatic carbocycles. The highest BCUT2D eigenvalue weighted by Gasteiger charge is 2.15. The first-order valence-corrected chi connectivity index (χ1v) is 8.28. The SMILES string of the molecule is CCCNc1ncc(Br)cc1C(=O)Nc1nnc(CC)s1. The predicted molar refractivity (Wildman–Crippen MR) is 88.0 cm³/mol. The summed E-state index contributed by atoms with van der Waals surface area (Å²) in [7, 11) is 0. The third-order valence-electron chi connectivity index (χ3n) is 2.63. The van der Waals surface area contributed by atoms with Gasteiger partial charge in [0.15, 0.2) is 0 Å². The Morgan fingerprint density at radius 1 is 1.38 bits per heavy atom. The second kappa shape index (κ2) is 7.46. The highest BCUT2D eigenvalue weighted by Crippen LogP contribution is 2.21. The summed E-state index contributed by atoms with van der Waals surface area (Å²) < 4.78 is 0.751. The van der Waals surface area contributed by atoms with Crippen molar-refractivity contribution in [2.24, 2.45) is 0 Å². The zero-order chi connectivity index (χ0) is 15.2. The van der Waals surface area contributed by atoms with Gasteiger partial charge >= 0.3 is 0 Å². The molecular weight excluding hydrogens is 354 g/mol. The van der Waals surface area contributed by atoms with Gasteiger partial charge in [-0.2, -0.15) is 0 Å². The lowest BCUT2D eigenvalue weighted by molar-refractivity contribution is 0.102. The maximum Gasteiger partial charge on any atom is 0.261 e. The first kappa shape index (κ1) is 15.8. The van der Waals surface area contributed by atoms with Crippen LogP contribution in [0.5, 0.6) is 0 Å². The Labute approximate surface area is 135 Å². The monoisotopic (exact) mass is 369 g/mol. The van der Waals surface area contributed by atoms with Crippen molar-refractivity contribution in [3.8, 4) is 0 Å². The summed E-state index contributed by atoms with van der Waals surface area (Å²) in [5.74, 6) is 0.319. The number of aromatic nitrogens is 3. The molecule has 0 bridgehead atoms. The van der Waals surface area contributed by atoms with Gasteiger partial charge in [0, 0.05) is 17.2 Å². The average molecular weight is 370 g/mol. The van der Waals surface area contributed by atoms with Crippen LogP contribution in [0, 0.1) is 0 Å². The Hall–Kier alpha value is -1.54. The second-order valence-electron chi connectivity index (χ2n) is 4.29. The lowest BCUT2D eigenvalue weighted by Gasteiger charge is -2.10. The van der Waals surface area contributed by atoms with Crippen molar-refractivity contribution in [1.29, 1.82) is 0 Å². The minimum Gasteiger partial charge on any atom is -0.369 e. The minimum absolute atomic E-state index is 0.249. The van der Waals surface area contributed by atoms with Crippen molar-refractivity contribution in [2.45, 2.75) is 26.7 Å². The largest absolute Gasteiger partial charge is 0.369 e. The Balaban J connectivity index is 2.18. The van der Waals surface area contributed by atoms with E-state index in [2.05, 4.69) is 48.7 Å². The Morgan fingerprint density at radius 3 is 2.86 bits per heavy atom. The number of hydrogen-bond donors (Lipinski definition) is 2. The van der Waals surface area contributed by atoms with Gasteiger partial charge in [0.2, 0.25) is 5.13 Å². The fourth-order valence-corrected chi connectivity index (χ4v) is 2.61. The zero-order valence-corrected chi connectivity index (χ0v) is 14.2. The minimum atomic E-state index is -0.249. The van der Waals surface area contributed by atoms with Crippen molar-refractivity contribution in [1.82, 2.24) is 15.2 Å². The number of halogens is 1. The van der Waals surface area contributed by atoms with Gasteiger partial charge in [-0.25, -0.2) is 4.98 Å². The highest BCUT2D eigenvalue weighted by molar-refractivity contribution is 9.10. The predicted octanol–water partition coefficient (Wildman–Crippen LogP) is 3.33. The van der Waals surface area contributed by atoms with E-state index in [1.807, 2.05) is 6.92 Å². The number of hydrogen-bond acceptors (Lipinski definition) is 6. The zero-order valence-electron chi connectivity index (χ0n) is 11.8. The lowest BCUT2D eigenvalue weighted by Crippen LogP contribution is -2.16. The number of carbonyl (C=O) groups is 1. The fraction of sp³-hybridized carbons (Fsp3) is 0.385. The Morgan fingerprint density at radius 2 is 2.19 bits per heavy atom. The molecule has 0 spiro atoms. The maximum atomic E-state index is 12.4. The molecule has 0 radical (unpaired) electrons. The topological polar surface area (TPSA) is 79.8 Å². The van der Waals surface area contributed by atoms with Crippen molar-refractivity contribution in [2.75, 3.05) is 17.2 Å². The van der Waals surface area contributed by atoms with Crippen LogP contribution < -0.4 is 10.6 Å². The number of carbonyl (C=O) groups excluding carboxylic acids is 1. The van der Waals surface area contributed by atoms with Crippen molar-refractivity contribution in [3.05, 3.63) is 27.3 Å². The lowest BCUT2D eigenvalue weighted by atomic mass is 10.2. The van der Waals surface area contributed by atoms with E-state index in [-0.39, 0.29) is 5.91 Å². The summed E-state index contributed by atoms with van der Waals surface area (Å²) in [6.07, 6.45) is 3.42. The van der Waals surface area contributed by atoms with Crippen LogP contribution in [0.1, 0.15) is 35.6 Å².